The van der Waals surface area contributed by atoms with Crippen molar-refractivity contribution >= 4 is 0 Å². The number of aromatic nitrogens is 3. The molecule has 20 heavy (non-hydrogen) atoms. The van der Waals surface area contributed by atoms with Crippen LogP contribution in [0.1, 0.15) is 44.9 Å². The first-order valence-corrected chi connectivity index (χ1v) is 7.85. The Morgan fingerprint density at radius 2 is 2.10 bits per heavy atom. The van der Waals surface area contributed by atoms with E-state index >= 15 is 0 Å². The molecular formula is C15H29N5. The summed E-state index contributed by atoms with van der Waals surface area (Å²) in [4.78, 5) is 6.90. The molecule has 0 radical (unpaired) electrons. The summed E-state index contributed by atoms with van der Waals surface area (Å²) in [5.41, 5.74) is 0.262. The highest BCUT2D eigenvalue weighted by Crippen LogP contribution is 2.37. The summed E-state index contributed by atoms with van der Waals surface area (Å²) in [5, 5.41) is 7.90. The van der Waals surface area contributed by atoms with E-state index in [4.69, 9.17) is 0 Å². The number of nitrogens with one attached hydrogen (secondary N) is 1. The first-order chi connectivity index (χ1) is 9.64. The average molecular weight is 279 g/mol. The molecule has 1 heterocycles. The van der Waals surface area contributed by atoms with Gasteiger partial charge in [0.2, 0.25) is 0 Å². The Hall–Kier alpha value is -0.940. The van der Waals surface area contributed by atoms with E-state index < -0.39 is 0 Å². The van der Waals surface area contributed by atoms with Gasteiger partial charge in [0, 0.05) is 24.5 Å². The number of rotatable bonds is 7. The fraction of sp³-hybridized carbons (Fsp3) is 0.867. The third-order valence-corrected chi connectivity index (χ3v) is 4.87. The molecule has 1 unspecified atom stereocenters. The molecule has 5 nitrogen and oxygen atoms in total. The second-order valence-electron chi connectivity index (χ2n) is 6.15. The minimum Gasteiger partial charge on any atom is -0.315 e. The molecule has 1 aromatic rings. The van der Waals surface area contributed by atoms with E-state index in [1.165, 1.54) is 25.7 Å². The van der Waals surface area contributed by atoms with E-state index in [9.17, 15) is 0 Å². The van der Waals surface area contributed by atoms with Gasteiger partial charge in [-0.25, -0.2) is 4.98 Å². The Kier molecular flexibility index (Phi) is 5.16. The Morgan fingerprint density at radius 1 is 1.40 bits per heavy atom. The highest BCUT2D eigenvalue weighted by Gasteiger charge is 2.42. The summed E-state index contributed by atoms with van der Waals surface area (Å²) < 4.78 is 2.06. The van der Waals surface area contributed by atoms with Crippen molar-refractivity contribution in [3.8, 4) is 0 Å². The topological polar surface area (TPSA) is 46.0 Å². The van der Waals surface area contributed by atoms with Crippen LogP contribution in [0.4, 0.5) is 0 Å². The second kappa shape index (κ2) is 6.68. The monoisotopic (exact) mass is 279 g/mol. The number of hydrogen-bond acceptors (Lipinski definition) is 4. The van der Waals surface area contributed by atoms with E-state index in [0.717, 1.165) is 25.2 Å². The third kappa shape index (κ3) is 2.88. The molecule has 5 heteroatoms. The molecule has 0 aromatic carbocycles. The van der Waals surface area contributed by atoms with Crippen molar-refractivity contribution in [3.63, 3.8) is 0 Å². The molecule has 1 fully saturated rings. The van der Waals surface area contributed by atoms with Gasteiger partial charge in [-0.3, -0.25) is 4.68 Å². The summed E-state index contributed by atoms with van der Waals surface area (Å²) in [7, 11) is 6.51. The fourth-order valence-corrected chi connectivity index (χ4v) is 3.68. The molecule has 0 bridgehead atoms. The third-order valence-electron chi connectivity index (χ3n) is 4.87. The highest BCUT2D eigenvalue weighted by molar-refractivity contribution is 5.05. The van der Waals surface area contributed by atoms with Gasteiger partial charge in [-0.1, -0.05) is 19.8 Å². The van der Waals surface area contributed by atoms with Gasteiger partial charge in [-0.05, 0) is 40.4 Å². The minimum atomic E-state index is 0.262. The van der Waals surface area contributed by atoms with Crippen molar-refractivity contribution in [2.24, 2.45) is 0 Å². The predicted molar refractivity (Wildman–Crippen MR) is 81.8 cm³/mol. The molecule has 0 amide bonds. The van der Waals surface area contributed by atoms with Crippen molar-refractivity contribution in [3.05, 3.63) is 12.2 Å². The molecule has 0 spiro atoms. The van der Waals surface area contributed by atoms with E-state index in [1.54, 1.807) is 6.33 Å². The lowest BCUT2D eigenvalue weighted by Gasteiger charge is -2.43. The zero-order chi connectivity index (χ0) is 14.6. The normalized spacial score (nSPS) is 19.6. The molecule has 1 aromatic heterocycles. The molecule has 1 aliphatic carbocycles. The van der Waals surface area contributed by atoms with Crippen LogP contribution < -0.4 is 5.32 Å². The first kappa shape index (κ1) is 15.4. The van der Waals surface area contributed by atoms with Crippen molar-refractivity contribution < 1.29 is 0 Å². The summed E-state index contributed by atoms with van der Waals surface area (Å²) in [6.45, 7) is 3.14. The molecule has 0 aliphatic heterocycles. The Morgan fingerprint density at radius 3 is 2.65 bits per heavy atom. The Bertz CT molecular complexity index is 406. The molecule has 114 valence electrons. The first-order valence-electron chi connectivity index (χ1n) is 7.85. The van der Waals surface area contributed by atoms with Crippen LogP contribution in [0.2, 0.25) is 0 Å². The zero-order valence-electron chi connectivity index (χ0n) is 13.4. The van der Waals surface area contributed by atoms with Crippen LogP contribution in [0.3, 0.4) is 0 Å². The molecule has 1 atom stereocenters. The molecule has 1 aliphatic rings. The van der Waals surface area contributed by atoms with E-state index in [1.807, 2.05) is 0 Å². The molecule has 0 saturated heterocycles. The quantitative estimate of drug-likeness (QED) is 0.825. The van der Waals surface area contributed by atoms with Crippen LogP contribution in [0.5, 0.6) is 0 Å². The van der Waals surface area contributed by atoms with Crippen LogP contribution >= 0.6 is 0 Å². The lowest BCUT2D eigenvalue weighted by Crippen LogP contribution is -2.57. The van der Waals surface area contributed by atoms with Gasteiger partial charge in [0.05, 0.1) is 0 Å². The smallest absolute Gasteiger partial charge is 0.138 e. The molecule has 1 N–H and O–H groups in total. The molecule has 1 saturated carbocycles. The van der Waals surface area contributed by atoms with E-state index in [0.29, 0.717) is 6.04 Å². The van der Waals surface area contributed by atoms with Gasteiger partial charge < -0.3 is 10.2 Å². The lowest BCUT2D eigenvalue weighted by atomic mass is 9.84. The average Bonchev–Trinajstić information content (AvgIpc) is 3.06. The van der Waals surface area contributed by atoms with Gasteiger partial charge >= 0.3 is 0 Å². The fourth-order valence-electron chi connectivity index (χ4n) is 3.68. The summed E-state index contributed by atoms with van der Waals surface area (Å²) in [6, 6.07) is 0.430. The minimum absolute atomic E-state index is 0.262. The van der Waals surface area contributed by atoms with Gasteiger partial charge in [0.1, 0.15) is 12.2 Å². The Labute approximate surface area is 122 Å². The van der Waals surface area contributed by atoms with Gasteiger partial charge in [0.15, 0.2) is 0 Å². The number of nitrogens with zero attached hydrogens (tertiary/aromatic N) is 4. The van der Waals surface area contributed by atoms with E-state index in [2.05, 4.69) is 53.0 Å². The van der Waals surface area contributed by atoms with Crippen molar-refractivity contribution in [2.45, 2.75) is 63.6 Å². The maximum absolute atomic E-state index is 4.48. The Balaban J connectivity index is 2.17. The van der Waals surface area contributed by atoms with Gasteiger partial charge in [-0.15, -0.1) is 0 Å². The molecule has 2 rings (SSSR count). The molecular weight excluding hydrogens is 250 g/mol. The van der Waals surface area contributed by atoms with Crippen LogP contribution in [-0.2, 0) is 13.0 Å². The standard InChI is InChI=1S/C15H29N5/c1-5-10-20-14(17-12-18-20)11-13(16-2)15(19(3)4)8-6-7-9-15/h12-13,16H,5-11H2,1-4H3. The predicted octanol–water partition coefficient (Wildman–Crippen LogP) is 1.69. The van der Waals surface area contributed by atoms with E-state index in [-0.39, 0.29) is 5.54 Å². The summed E-state index contributed by atoms with van der Waals surface area (Å²) in [6.07, 6.45) is 8.94. The van der Waals surface area contributed by atoms with Crippen LogP contribution in [-0.4, -0.2) is 52.4 Å². The lowest BCUT2D eigenvalue weighted by molar-refractivity contribution is 0.107. The second-order valence-corrected chi connectivity index (χ2v) is 6.15. The summed E-state index contributed by atoms with van der Waals surface area (Å²) in [5.74, 6) is 1.11. The number of hydrogen-bond donors (Lipinski definition) is 1. The van der Waals surface area contributed by atoms with Crippen LogP contribution in [0, 0.1) is 0 Å². The maximum Gasteiger partial charge on any atom is 0.138 e. The van der Waals surface area contributed by atoms with Gasteiger partial charge in [-0.2, -0.15) is 5.10 Å². The highest BCUT2D eigenvalue weighted by atomic mass is 15.3. The SMILES string of the molecule is CCCn1ncnc1CC(NC)C1(N(C)C)CCCC1. The largest absolute Gasteiger partial charge is 0.315 e. The van der Waals surface area contributed by atoms with Crippen molar-refractivity contribution in [2.75, 3.05) is 21.1 Å². The van der Waals surface area contributed by atoms with Crippen LogP contribution in [0.25, 0.3) is 0 Å². The van der Waals surface area contributed by atoms with Gasteiger partial charge in [0.25, 0.3) is 0 Å². The summed E-state index contributed by atoms with van der Waals surface area (Å²) >= 11 is 0. The maximum atomic E-state index is 4.48. The zero-order valence-corrected chi connectivity index (χ0v) is 13.4. The number of likely N-dealkylation sites (N-methyl/N-ethyl adjacent to an activating group) is 2. The van der Waals surface area contributed by atoms with Crippen molar-refractivity contribution in [1.29, 1.82) is 0 Å². The number of aryl methyl sites for hydroxylation is 1. The van der Waals surface area contributed by atoms with Crippen LogP contribution in [0.15, 0.2) is 6.33 Å². The van der Waals surface area contributed by atoms with Crippen molar-refractivity contribution in [1.82, 2.24) is 25.0 Å².